The van der Waals surface area contributed by atoms with Crippen molar-refractivity contribution in [3.05, 3.63) is 35.4 Å². The van der Waals surface area contributed by atoms with Gasteiger partial charge in [0.2, 0.25) is 0 Å². The van der Waals surface area contributed by atoms with Crippen LogP contribution >= 0.6 is 0 Å². The molecule has 0 aliphatic rings. The van der Waals surface area contributed by atoms with Crippen molar-refractivity contribution >= 4 is 5.91 Å². The maximum Gasteiger partial charge on any atom is 0.251 e. The molecule has 4 heteroatoms. The fraction of sp³-hybridized carbons (Fsp3) is 0.333. The Morgan fingerprint density at radius 3 is 3.00 bits per heavy atom. The predicted octanol–water partition coefficient (Wildman–Crippen LogP) is 1.38. The molecule has 4 nitrogen and oxygen atoms in total. The first kappa shape index (κ1) is 12.2. The Hall–Kier alpha value is -1.86. The summed E-state index contributed by atoms with van der Waals surface area (Å²) < 4.78 is 0. The van der Waals surface area contributed by atoms with Crippen molar-refractivity contribution < 1.29 is 9.90 Å². The monoisotopic (exact) mass is 218 g/mol. The zero-order chi connectivity index (χ0) is 12.0. The number of amides is 1. The van der Waals surface area contributed by atoms with Gasteiger partial charge in [-0.05, 0) is 24.6 Å². The molecule has 0 aliphatic heterocycles. The molecule has 0 saturated carbocycles. The normalized spacial score (nSPS) is 11.6. The van der Waals surface area contributed by atoms with Crippen molar-refractivity contribution in [3.63, 3.8) is 0 Å². The second-order valence-electron chi connectivity index (χ2n) is 3.36. The molecule has 0 radical (unpaired) electrons. The second-order valence-corrected chi connectivity index (χ2v) is 3.36. The lowest BCUT2D eigenvalue weighted by Crippen LogP contribution is -2.22. The number of rotatable bonds is 4. The lowest BCUT2D eigenvalue weighted by Gasteiger charge is -2.08. The minimum atomic E-state index is -0.834. The van der Waals surface area contributed by atoms with Gasteiger partial charge in [-0.1, -0.05) is 12.1 Å². The zero-order valence-corrected chi connectivity index (χ0v) is 9.10. The molecule has 0 spiro atoms. The number of nitrogens with zero attached hydrogens (tertiary/aromatic N) is 1. The van der Waals surface area contributed by atoms with Gasteiger partial charge < -0.3 is 10.4 Å². The van der Waals surface area contributed by atoms with Crippen molar-refractivity contribution in [2.45, 2.75) is 19.4 Å². The van der Waals surface area contributed by atoms with Gasteiger partial charge in [0, 0.05) is 12.1 Å². The van der Waals surface area contributed by atoms with Gasteiger partial charge in [-0.25, -0.2) is 0 Å². The molecule has 16 heavy (non-hydrogen) atoms. The number of benzene rings is 1. The maximum absolute atomic E-state index is 11.5. The molecule has 1 amide bonds. The van der Waals surface area contributed by atoms with Crippen molar-refractivity contribution in [3.8, 4) is 6.07 Å². The number of aliphatic hydroxyl groups excluding tert-OH is 1. The van der Waals surface area contributed by atoms with Crippen LogP contribution in [-0.2, 0) is 0 Å². The molecule has 0 aliphatic carbocycles. The highest BCUT2D eigenvalue weighted by atomic mass is 16.3. The van der Waals surface area contributed by atoms with Crippen LogP contribution in [0.15, 0.2) is 24.3 Å². The van der Waals surface area contributed by atoms with Crippen molar-refractivity contribution in [2.75, 3.05) is 6.54 Å². The van der Waals surface area contributed by atoms with E-state index in [-0.39, 0.29) is 12.3 Å². The molecule has 1 aromatic rings. The van der Waals surface area contributed by atoms with Gasteiger partial charge in [0.1, 0.15) is 0 Å². The molecule has 0 fully saturated rings. The number of carbonyl (C=O) groups excluding carboxylic acids is 1. The number of carbonyl (C=O) groups is 1. The zero-order valence-electron chi connectivity index (χ0n) is 9.10. The Bertz CT molecular complexity index is 410. The average Bonchev–Trinajstić information content (AvgIpc) is 2.30. The molecule has 2 N–H and O–H groups in total. The van der Waals surface area contributed by atoms with Crippen LogP contribution in [0.1, 0.15) is 35.4 Å². The van der Waals surface area contributed by atoms with E-state index < -0.39 is 6.10 Å². The number of hydrogen-bond acceptors (Lipinski definition) is 3. The highest BCUT2D eigenvalue weighted by Gasteiger charge is 2.10. The van der Waals surface area contributed by atoms with Crippen molar-refractivity contribution in [2.24, 2.45) is 0 Å². The van der Waals surface area contributed by atoms with Gasteiger partial charge in [0.05, 0.1) is 18.6 Å². The Balaban J connectivity index is 2.87. The second kappa shape index (κ2) is 5.89. The van der Waals surface area contributed by atoms with Gasteiger partial charge in [-0.3, -0.25) is 4.79 Å². The van der Waals surface area contributed by atoms with Crippen LogP contribution in [-0.4, -0.2) is 17.6 Å². The Kier molecular flexibility index (Phi) is 4.49. The van der Waals surface area contributed by atoms with Gasteiger partial charge in [0.15, 0.2) is 0 Å². The van der Waals surface area contributed by atoms with E-state index >= 15 is 0 Å². The van der Waals surface area contributed by atoms with E-state index in [0.29, 0.717) is 17.7 Å². The van der Waals surface area contributed by atoms with E-state index in [1.165, 1.54) is 0 Å². The lowest BCUT2D eigenvalue weighted by molar-refractivity contribution is 0.0955. The Morgan fingerprint density at radius 1 is 1.62 bits per heavy atom. The van der Waals surface area contributed by atoms with E-state index in [4.69, 9.17) is 5.26 Å². The van der Waals surface area contributed by atoms with Crippen LogP contribution in [0.2, 0.25) is 0 Å². The van der Waals surface area contributed by atoms with Gasteiger partial charge in [-0.2, -0.15) is 5.26 Å². The first-order valence-electron chi connectivity index (χ1n) is 5.12. The number of nitrogens with one attached hydrogen (secondary N) is 1. The minimum absolute atomic E-state index is 0.0266. The van der Waals surface area contributed by atoms with Gasteiger partial charge >= 0.3 is 0 Å². The topological polar surface area (TPSA) is 73.1 Å². The molecule has 0 heterocycles. The Labute approximate surface area is 94.5 Å². The highest BCUT2D eigenvalue weighted by Crippen LogP contribution is 2.17. The summed E-state index contributed by atoms with van der Waals surface area (Å²) in [5.41, 5.74) is 1.08. The van der Waals surface area contributed by atoms with Gasteiger partial charge in [-0.15, -0.1) is 0 Å². The standard InChI is InChI=1S/C12H14N2O2/c1-2-14-12(16)10-5-3-4-9(8-10)11(15)6-7-13/h3-5,8,11,15H,2,6H2,1H3,(H,14,16). The fourth-order valence-electron chi connectivity index (χ4n) is 1.35. The summed E-state index contributed by atoms with van der Waals surface area (Å²) in [4.78, 5) is 11.5. The molecule has 0 aromatic heterocycles. The molecule has 0 bridgehead atoms. The molecular weight excluding hydrogens is 204 g/mol. The molecule has 1 unspecified atom stereocenters. The molecule has 1 rings (SSSR count). The molecule has 0 saturated heterocycles. The third-order valence-corrected chi connectivity index (χ3v) is 2.16. The molecule has 84 valence electrons. The first-order valence-corrected chi connectivity index (χ1v) is 5.12. The lowest BCUT2D eigenvalue weighted by atomic mass is 10.0. The summed E-state index contributed by atoms with van der Waals surface area (Å²) in [5.74, 6) is -0.173. The van der Waals surface area contributed by atoms with E-state index in [2.05, 4.69) is 5.32 Å². The maximum atomic E-state index is 11.5. The summed E-state index contributed by atoms with van der Waals surface area (Å²) in [6.45, 7) is 2.40. The van der Waals surface area contributed by atoms with Crippen LogP contribution in [0.3, 0.4) is 0 Å². The summed E-state index contributed by atoms with van der Waals surface area (Å²) in [5, 5.41) is 20.7. The van der Waals surface area contributed by atoms with Crippen LogP contribution in [0.25, 0.3) is 0 Å². The smallest absolute Gasteiger partial charge is 0.251 e. The van der Waals surface area contributed by atoms with Crippen LogP contribution in [0.4, 0.5) is 0 Å². The van der Waals surface area contributed by atoms with Crippen LogP contribution in [0, 0.1) is 11.3 Å². The third kappa shape index (κ3) is 3.07. The average molecular weight is 218 g/mol. The van der Waals surface area contributed by atoms with E-state index in [9.17, 15) is 9.90 Å². The fourth-order valence-corrected chi connectivity index (χ4v) is 1.35. The largest absolute Gasteiger partial charge is 0.387 e. The molecule has 1 atom stereocenters. The van der Waals surface area contributed by atoms with E-state index in [0.717, 1.165) is 0 Å². The molecular formula is C12H14N2O2. The summed E-state index contributed by atoms with van der Waals surface area (Å²) >= 11 is 0. The van der Waals surface area contributed by atoms with Crippen molar-refractivity contribution in [1.29, 1.82) is 5.26 Å². The minimum Gasteiger partial charge on any atom is -0.387 e. The SMILES string of the molecule is CCNC(=O)c1cccc(C(O)CC#N)c1. The number of hydrogen-bond donors (Lipinski definition) is 2. The third-order valence-electron chi connectivity index (χ3n) is 2.16. The summed E-state index contributed by atoms with van der Waals surface area (Å²) in [6.07, 6.45) is -0.807. The first-order chi connectivity index (χ1) is 7.69. The molecule has 1 aromatic carbocycles. The highest BCUT2D eigenvalue weighted by molar-refractivity contribution is 5.94. The van der Waals surface area contributed by atoms with Gasteiger partial charge in [0.25, 0.3) is 5.91 Å². The summed E-state index contributed by atoms with van der Waals surface area (Å²) in [6, 6.07) is 8.56. The Morgan fingerprint density at radius 2 is 2.38 bits per heavy atom. The number of nitriles is 1. The van der Waals surface area contributed by atoms with Crippen LogP contribution in [0.5, 0.6) is 0 Å². The van der Waals surface area contributed by atoms with Crippen LogP contribution < -0.4 is 5.32 Å². The van der Waals surface area contributed by atoms with Crippen molar-refractivity contribution in [1.82, 2.24) is 5.32 Å². The quantitative estimate of drug-likeness (QED) is 0.801. The van der Waals surface area contributed by atoms with E-state index in [1.807, 2.05) is 13.0 Å². The number of aliphatic hydroxyl groups is 1. The van der Waals surface area contributed by atoms with E-state index in [1.54, 1.807) is 24.3 Å². The predicted molar refractivity (Wildman–Crippen MR) is 59.6 cm³/mol. The summed E-state index contributed by atoms with van der Waals surface area (Å²) in [7, 11) is 0.